The van der Waals surface area contributed by atoms with E-state index in [1.807, 2.05) is 6.92 Å². The maximum absolute atomic E-state index is 14.0. The number of benzene rings is 3. The zero-order chi connectivity index (χ0) is 30.3. The molecule has 0 spiro atoms. The predicted molar refractivity (Wildman–Crippen MR) is 163 cm³/mol. The molecule has 0 aromatic heterocycles. The minimum Gasteiger partial charge on any atom is -0.494 e. The third-order valence-corrected chi connectivity index (χ3v) is 9.57. The van der Waals surface area contributed by atoms with Crippen molar-refractivity contribution in [3.05, 3.63) is 88.6 Å². The molecule has 1 aliphatic carbocycles. The van der Waals surface area contributed by atoms with Gasteiger partial charge in [-0.15, -0.1) is 0 Å². The molecule has 0 bridgehead atoms. The summed E-state index contributed by atoms with van der Waals surface area (Å²) in [5.41, 5.74) is 0.869. The van der Waals surface area contributed by atoms with Crippen LogP contribution in [0.2, 0.25) is 0 Å². The molecule has 0 unspecified atom stereocenters. The van der Waals surface area contributed by atoms with Crippen LogP contribution in [0.3, 0.4) is 0 Å². The fraction of sp³-hybridized carbons (Fsp3) is 0.355. The third kappa shape index (κ3) is 7.89. The average Bonchev–Trinajstić information content (AvgIpc) is 3.49. The van der Waals surface area contributed by atoms with E-state index in [1.54, 1.807) is 55.5 Å². The van der Waals surface area contributed by atoms with Gasteiger partial charge in [0.1, 0.15) is 24.2 Å². The van der Waals surface area contributed by atoms with Crippen LogP contribution < -0.4 is 14.4 Å². The first-order valence-electron chi connectivity index (χ1n) is 13.9. The molecule has 0 heterocycles. The summed E-state index contributed by atoms with van der Waals surface area (Å²) in [5.74, 6) is -0.765. The molecular weight excluding hydrogens is 625 g/mol. The molecule has 11 heteroatoms. The van der Waals surface area contributed by atoms with Crippen LogP contribution in [0.4, 0.5) is 10.1 Å². The largest absolute Gasteiger partial charge is 0.494 e. The minimum atomic E-state index is -4.19. The molecule has 1 N–H and O–H groups in total. The van der Waals surface area contributed by atoms with Gasteiger partial charge in [0.05, 0.1) is 17.2 Å². The number of hydrogen-bond acceptors (Lipinski definition) is 5. The van der Waals surface area contributed by atoms with Gasteiger partial charge in [-0.25, -0.2) is 12.8 Å². The highest BCUT2D eigenvalue weighted by Crippen LogP contribution is 2.27. The second-order valence-electron chi connectivity index (χ2n) is 10.2. The van der Waals surface area contributed by atoms with Gasteiger partial charge in [-0.05, 0) is 92.9 Å². The van der Waals surface area contributed by atoms with Crippen molar-refractivity contribution in [2.45, 2.75) is 63.1 Å². The molecule has 3 aromatic rings. The molecule has 1 atom stereocenters. The maximum atomic E-state index is 14.0. The Kier molecular flexibility index (Phi) is 10.6. The summed E-state index contributed by atoms with van der Waals surface area (Å²) in [6.45, 7) is 3.34. The minimum absolute atomic E-state index is 0.00416. The normalized spacial score (nSPS) is 14.3. The summed E-state index contributed by atoms with van der Waals surface area (Å²) in [6.07, 6.45) is 3.81. The molecule has 1 saturated carbocycles. The van der Waals surface area contributed by atoms with Crippen molar-refractivity contribution in [2.24, 2.45) is 0 Å². The van der Waals surface area contributed by atoms with Gasteiger partial charge < -0.3 is 15.0 Å². The van der Waals surface area contributed by atoms with E-state index < -0.39 is 34.3 Å². The van der Waals surface area contributed by atoms with E-state index in [4.69, 9.17) is 4.74 Å². The van der Waals surface area contributed by atoms with Gasteiger partial charge in [0.15, 0.2) is 0 Å². The van der Waals surface area contributed by atoms with Crippen molar-refractivity contribution >= 4 is 43.5 Å². The van der Waals surface area contributed by atoms with Crippen LogP contribution in [-0.4, -0.2) is 50.4 Å². The van der Waals surface area contributed by atoms with Gasteiger partial charge >= 0.3 is 0 Å². The number of hydrogen-bond donors (Lipinski definition) is 1. The number of carbonyl (C=O) groups is 2. The summed E-state index contributed by atoms with van der Waals surface area (Å²) in [4.78, 5) is 28.6. The summed E-state index contributed by atoms with van der Waals surface area (Å²) in [6, 6.07) is 17.4. The molecule has 42 heavy (non-hydrogen) atoms. The van der Waals surface area contributed by atoms with Crippen LogP contribution >= 0.6 is 15.9 Å². The molecule has 0 aliphatic heterocycles. The van der Waals surface area contributed by atoms with E-state index in [9.17, 15) is 22.4 Å². The molecule has 1 aliphatic rings. The molecule has 4 rings (SSSR count). The number of carbonyl (C=O) groups excluding carboxylic acids is 2. The number of amides is 2. The highest BCUT2D eigenvalue weighted by atomic mass is 79.9. The first-order valence-corrected chi connectivity index (χ1v) is 16.2. The molecule has 8 nitrogen and oxygen atoms in total. The second kappa shape index (κ2) is 14.2. The topological polar surface area (TPSA) is 96.0 Å². The van der Waals surface area contributed by atoms with Crippen LogP contribution in [0, 0.1) is 5.82 Å². The maximum Gasteiger partial charge on any atom is 0.264 e. The lowest BCUT2D eigenvalue weighted by molar-refractivity contribution is -0.139. The van der Waals surface area contributed by atoms with Crippen molar-refractivity contribution in [2.75, 3.05) is 17.5 Å². The van der Waals surface area contributed by atoms with Crippen molar-refractivity contribution in [3.8, 4) is 5.75 Å². The highest BCUT2D eigenvalue weighted by molar-refractivity contribution is 9.10. The van der Waals surface area contributed by atoms with E-state index in [0.717, 1.165) is 30.0 Å². The van der Waals surface area contributed by atoms with E-state index >= 15 is 0 Å². The lowest BCUT2D eigenvalue weighted by atomic mass is 10.1. The van der Waals surface area contributed by atoms with Gasteiger partial charge in [0, 0.05) is 17.1 Å². The van der Waals surface area contributed by atoms with E-state index in [2.05, 4.69) is 21.2 Å². The monoisotopic (exact) mass is 659 g/mol. The van der Waals surface area contributed by atoms with Crippen LogP contribution in [0.25, 0.3) is 0 Å². The number of ether oxygens (including phenoxy) is 1. The molecule has 1 fully saturated rings. The Morgan fingerprint density at radius 1 is 1.00 bits per heavy atom. The SMILES string of the molecule is CCOc1ccc(N(CC(=O)N(Cc2ccc(F)cc2)[C@@H](C)C(=O)NC2CCCC2)S(=O)(=O)c2ccc(Br)cc2)cc1. The molecule has 0 radical (unpaired) electrons. The smallest absolute Gasteiger partial charge is 0.264 e. The average molecular weight is 661 g/mol. The number of nitrogens with zero attached hydrogens (tertiary/aromatic N) is 2. The zero-order valence-corrected chi connectivity index (χ0v) is 26.0. The predicted octanol–water partition coefficient (Wildman–Crippen LogP) is 5.66. The molecular formula is C31H35BrFN3O5S. The van der Waals surface area contributed by atoms with Crippen LogP contribution in [-0.2, 0) is 26.2 Å². The number of sulfonamides is 1. The number of rotatable bonds is 12. The van der Waals surface area contributed by atoms with Crippen molar-refractivity contribution in [3.63, 3.8) is 0 Å². The summed E-state index contributed by atoms with van der Waals surface area (Å²) in [7, 11) is -4.19. The Balaban J connectivity index is 1.68. The Morgan fingerprint density at radius 3 is 2.21 bits per heavy atom. The lowest BCUT2D eigenvalue weighted by Crippen LogP contribution is -2.52. The second-order valence-corrected chi connectivity index (χ2v) is 13.0. The zero-order valence-electron chi connectivity index (χ0n) is 23.6. The summed E-state index contributed by atoms with van der Waals surface area (Å²) in [5, 5.41) is 3.03. The molecule has 0 saturated heterocycles. The number of nitrogens with one attached hydrogen (secondary N) is 1. The standard InChI is InChI=1S/C31H35BrFN3O5S/c1-3-41-28-16-14-27(15-17-28)36(42(39,40)29-18-10-24(32)11-19-29)21-30(37)35(20-23-8-12-25(33)13-9-23)22(2)31(38)34-26-6-4-5-7-26/h8-19,22,26H,3-7,20-21H2,1-2H3,(H,34,38)/t22-/m0/s1. The van der Waals surface area contributed by atoms with Crippen LogP contribution in [0.15, 0.2) is 82.2 Å². The number of anilines is 1. The van der Waals surface area contributed by atoms with Crippen molar-refractivity contribution in [1.29, 1.82) is 0 Å². The summed E-state index contributed by atoms with van der Waals surface area (Å²) < 4.78 is 48.7. The molecule has 2 amide bonds. The van der Waals surface area contributed by atoms with Crippen molar-refractivity contribution < 1.29 is 27.1 Å². The van der Waals surface area contributed by atoms with E-state index in [-0.39, 0.29) is 29.1 Å². The van der Waals surface area contributed by atoms with Crippen LogP contribution in [0.1, 0.15) is 45.1 Å². The van der Waals surface area contributed by atoms with Crippen molar-refractivity contribution in [1.82, 2.24) is 10.2 Å². The van der Waals surface area contributed by atoms with Gasteiger partial charge in [-0.3, -0.25) is 13.9 Å². The highest BCUT2D eigenvalue weighted by Gasteiger charge is 2.33. The number of halogens is 2. The van der Waals surface area contributed by atoms with Gasteiger partial charge in [-0.2, -0.15) is 0 Å². The van der Waals surface area contributed by atoms with Gasteiger partial charge in [0.2, 0.25) is 11.8 Å². The lowest BCUT2D eigenvalue weighted by Gasteiger charge is -2.32. The van der Waals surface area contributed by atoms with Crippen LogP contribution in [0.5, 0.6) is 5.75 Å². The van der Waals surface area contributed by atoms with E-state index in [0.29, 0.717) is 22.4 Å². The fourth-order valence-corrected chi connectivity index (χ4v) is 6.58. The van der Waals surface area contributed by atoms with Gasteiger partial charge in [-0.1, -0.05) is 40.9 Å². The first kappa shape index (κ1) is 31.5. The quantitative estimate of drug-likeness (QED) is 0.271. The molecule has 224 valence electrons. The first-order chi connectivity index (χ1) is 20.1. The van der Waals surface area contributed by atoms with E-state index in [1.165, 1.54) is 29.2 Å². The Bertz CT molecular complexity index is 1460. The fourth-order valence-electron chi connectivity index (χ4n) is 4.90. The summed E-state index contributed by atoms with van der Waals surface area (Å²) >= 11 is 3.33. The Morgan fingerprint density at radius 2 is 1.62 bits per heavy atom. The Labute approximate surface area is 255 Å². The molecule has 3 aromatic carbocycles. The Hall–Kier alpha value is -3.44. The van der Waals surface area contributed by atoms with Gasteiger partial charge in [0.25, 0.3) is 10.0 Å². The third-order valence-electron chi connectivity index (χ3n) is 7.25.